The molecule has 6 nitrogen and oxygen atoms in total. The number of carbonyl (C=O) groups is 1. The number of halogens is 1. The number of hydrogen-bond donors (Lipinski definition) is 0. The van der Waals surface area contributed by atoms with E-state index in [2.05, 4.69) is 11.8 Å². The first-order valence-corrected chi connectivity index (χ1v) is 10.0. The number of para-hydroxylation sites is 1. The number of benzene rings is 2. The molecule has 0 unspecified atom stereocenters. The van der Waals surface area contributed by atoms with Crippen LogP contribution in [0.3, 0.4) is 0 Å². The minimum atomic E-state index is 0. The van der Waals surface area contributed by atoms with Crippen molar-refractivity contribution < 1.29 is 9.21 Å². The highest BCUT2D eigenvalue weighted by Crippen LogP contribution is 2.33. The molecule has 1 saturated heterocycles. The summed E-state index contributed by atoms with van der Waals surface area (Å²) in [6, 6.07) is 17.4. The number of hydrogen-bond acceptors (Lipinski definition) is 5. The molecule has 7 heteroatoms. The number of aryl methyl sites for hydroxylation is 1. The quantitative estimate of drug-likeness (QED) is 0.492. The zero-order valence-corrected chi connectivity index (χ0v) is 17.6. The van der Waals surface area contributed by atoms with Crippen molar-refractivity contribution in [1.82, 2.24) is 14.9 Å². The summed E-state index contributed by atoms with van der Waals surface area (Å²) in [7, 11) is 0. The summed E-state index contributed by atoms with van der Waals surface area (Å²) in [5.74, 6) is 1.72. The molecule has 2 aromatic carbocycles. The van der Waals surface area contributed by atoms with Gasteiger partial charge in [-0.15, -0.1) is 12.4 Å². The van der Waals surface area contributed by atoms with Crippen molar-refractivity contribution in [1.29, 1.82) is 0 Å². The molecule has 30 heavy (non-hydrogen) atoms. The lowest BCUT2D eigenvalue weighted by Crippen LogP contribution is -2.49. The Kier molecular flexibility index (Phi) is 5.59. The molecular weight excluding hydrogens is 400 g/mol. The molecule has 0 atom stereocenters. The van der Waals surface area contributed by atoms with Crippen LogP contribution in [0.2, 0.25) is 0 Å². The Bertz CT molecular complexity index is 1180. The minimum absolute atomic E-state index is 0. The summed E-state index contributed by atoms with van der Waals surface area (Å²) in [5.41, 5.74) is 3.15. The van der Waals surface area contributed by atoms with Crippen molar-refractivity contribution in [2.45, 2.75) is 13.3 Å². The van der Waals surface area contributed by atoms with Gasteiger partial charge in [-0.2, -0.15) is 0 Å². The third kappa shape index (κ3) is 3.48. The first-order valence-electron chi connectivity index (χ1n) is 10.0. The first kappa shape index (κ1) is 20.2. The Morgan fingerprint density at radius 2 is 1.67 bits per heavy atom. The molecule has 5 rings (SSSR count). The van der Waals surface area contributed by atoms with E-state index in [1.807, 2.05) is 59.5 Å². The van der Waals surface area contributed by atoms with Crippen molar-refractivity contribution in [3.8, 4) is 0 Å². The van der Waals surface area contributed by atoms with Crippen LogP contribution in [0.5, 0.6) is 0 Å². The van der Waals surface area contributed by atoms with Gasteiger partial charge in [0.15, 0.2) is 11.4 Å². The number of furan rings is 1. The van der Waals surface area contributed by atoms with E-state index in [1.54, 1.807) is 0 Å². The molecule has 154 valence electrons. The van der Waals surface area contributed by atoms with E-state index in [0.29, 0.717) is 26.2 Å². The Morgan fingerprint density at radius 1 is 0.967 bits per heavy atom. The molecule has 0 N–H and O–H groups in total. The van der Waals surface area contributed by atoms with Crippen LogP contribution in [0.1, 0.15) is 23.1 Å². The standard InChI is InChI=1S/C23H22N4O2.ClH/c1-2-19-24-20-17-10-6-7-11-18(17)29-21(20)22(25-19)26-12-14-27(15-13-26)23(28)16-8-4-3-5-9-16;/h3-11H,2,12-15H2,1H3;1H. The summed E-state index contributed by atoms with van der Waals surface area (Å²) in [6.07, 6.45) is 0.759. The molecule has 3 heterocycles. The Balaban J connectivity index is 0.00000218. The molecule has 4 aromatic rings. The zero-order valence-electron chi connectivity index (χ0n) is 16.7. The lowest BCUT2D eigenvalue weighted by atomic mass is 10.2. The Hall–Kier alpha value is -3.12. The SMILES string of the molecule is CCc1nc(N2CCN(C(=O)c3ccccc3)CC2)c2oc3ccccc3c2n1.Cl. The summed E-state index contributed by atoms with van der Waals surface area (Å²) in [4.78, 5) is 26.4. The topological polar surface area (TPSA) is 62.5 Å². The molecule has 1 amide bonds. The number of carbonyl (C=O) groups excluding carboxylic acids is 1. The van der Waals surface area contributed by atoms with Gasteiger partial charge in [-0.05, 0) is 24.3 Å². The van der Waals surface area contributed by atoms with Crippen molar-refractivity contribution >= 4 is 46.2 Å². The minimum Gasteiger partial charge on any atom is -0.450 e. The summed E-state index contributed by atoms with van der Waals surface area (Å²) in [6.45, 7) is 4.79. The number of aromatic nitrogens is 2. The van der Waals surface area contributed by atoms with Gasteiger partial charge in [0.1, 0.15) is 16.9 Å². The number of nitrogens with zero attached hydrogens (tertiary/aromatic N) is 4. The van der Waals surface area contributed by atoms with E-state index in [-0.39, 0.29) is 18.3 Å². The average Bonchev–Trinajstić information content (AvgIpc) is 3.17. The second-order valence-corrected chi connectivity index (χ2v) is 7.24. The van der Waals surface area contributed by atoms with Gasteiger partial charge < -0.3 is 14.2 Å². The fourth-order valence-corrected chi connectivity index (χ4v) is 3.88. The van der Waals surface area contributed by atoms with Gasteiger partial charge in [-0.3, -0.25) is 4.79 Å². The van der Waals surface area contributed by atoms with Crippen LogP contribution in [0.25, 0.3) is 22.1 Å². The largest absolute Gasteiger partial charge is 0.450 e. The van der Waals surface area contributed by atoms with Gasteiger partial charge in [0.2, 0.25) is 0 Å². The van der Waals surface area contributed by atoms with E-state index >= 15 is 0 Å². The van der Waals surface area contributed by atoms with Gasteiger partial charge in [-0.1, -0.05) is 37.3 Å². The van der Waals surface area contributed by atoms with Crippen molar-refractivity contribution in [2.24, 2.45) is 0 Å². The molecular formula is C23H23ClN4O2. The summed E-state index contributed by atoms with van der Waals surface area (Å²) >= 11 is 0. The van der Waals surface area contributed by atoms with Crippen LogP contribution >= 0.6 is 12.4 Å². The second-order valence-electron chi connectivity index (χ2n) is 7.24. The molecule has 1 aliphatic rings. The number of amides is 1. The van der Waals surface area contributed by atoms with Crippen LogP contribution in [0, 0.1) is 0 Å². The van der Waals surface area contributed by atoms with Gasteiger partial charge in [0.25, 0.3) is 5.91 Å². The smallest absolute Gasteiger partial charge is 0.253 e. The maximum Gasteiger partial charge on any atom is 0.253 e. The molecule has 0 aliphatic carbocycles. The highest BCUT2D eigenvalue weighted by molar-refractivity contribution is 6.05. The lowest BCUT2D eigenvalue weighted by Gasteiger charge is -2.35. The fourth-order valence-electron chi connectivity index (χ4n) is 3.88. The highest BCUT2D eigenvalue weighted by atomic mass is 35.5. The van der Waals surface area contributed by atoms with Gasteiger partial charge >= 0.3 is 0 Å². The van der Waals surface area contributed by atoms with Crippen molar-refractivity contribution in [2.75, 3.05) is 31.1 Å². The normalized spacial score (nSPS) is 14.2. The van der Waals surface area contributed by atoms with Crippen LogP contribution in [0.4, 0.5) is 5.82 Å². The second kappa shape index (κ2) is 8.32. The Labute approximate surface area is 180 Å². The Morgan fingerprint density at radius 3 is 2.40 bits per heavy atom. The number of anilines is 1. The van der Waals surface area contributed by atoms with Crippen LogP contribution in [-0.4, -0.2) is 47.0 Å². The fraction of sp³-hybridized carbons (Fsp3) is 0.261. The lowest BCUT2D eigenvalue weighted by molar-refractivity contribution is 0.0746. The number of piperazine rings is 1. The van der Waals surface area contributed by atoms with E-state index in [0.717, 1.165) is 45.7 Å². The van der Waals surface area contributed by atoms with E-state index in [9.17, 15) is 4.79 Å². The van der Waals surface area contributed by atoms with Gasteiger partial charge in [0.05, 0.1) is 0 Å². The first-order chi connectivity index (χ1) is 14.2. The van der Waals surface area contributed by atoms with E-state index < -0.39 is 0 Å². The van der Waals surface area contributed by atoms with E-state index in [4.69, 9.17) is 14.4 Å². The molecule has 1 aliphatic heterocycles. The predicted molar refractivity (Wildman–Crippen MR) is 120 cm³/mol. The number of rotatable bonds is 3. The number of fused-ring (bicyclic) bond motifs is 3. The molecule has 0 spiro atoms. The van der Waals surface area contributed by atoms with Crippen LogP contribution < -0.4 is 4.90 Å². The molecule has 0 radical (unpaired) electrons. The summed E-state index contributed by atoms with van der Waals surface area (Å²) < 4.78 is 6.13. The molecule has 1 fully saturated rings. The highest BCUT2D eigenvalue weighted by Gasteiger charge is 2.26. The van der Waals surface area contributed by atoms with Crippen molar-refractivity contribution in [3.63, 3.8) is 0 Å². The average molecular weight is 423 g/mol. The van der Waals surface area contributed by atoms with E-state index in [1.165, 1.54) is 0 Å². The van der Waals surface area contributed by atoms with Crippen LogP contribution in [0.15, 0.2) is 59.0 Å². The molecule has 0 bridgehead atoms. The summed E-state index contributed by atoms with van der Waals surface area (Å²) in [5, 5.41) is 1.01. The third-order valence-electron chi connectivity index (χ3n) is 5.45. The predicted octanol–water partition coefficient (Wildman–Crippen LogP) is 4.32. The maximum atomic E-state index is 12.7. The zero-order chi connectivity index (χ0) is 19.8. The van der Waals surface area contributed by atoms with Crippen LogP contribution in [-0.2, 0) is 6.42 Å². The third-order valence-corrected chi connectivity index (χ3v) is 5.45. The van der Waals surface area contributed by atoms with Crippen molar-refractivity contribution in [3.05, 3.63) is 66.0 Å². The monoisotopic (exact) mass is 422 g/mol. The maximum absolute atomic E-state index is 12.7. The van der Waals surface area contributed by atoms with Gasteiger partial charge in [0, 0.05) is 43.5 Å². The molecule has 0 saturated carbocycles. The van der Waals surface area contributed by atoms with Gasteiger partial charge in [-0.25, -0.2) is 9.97 Å². The molecule has 2 aromatic heterocycles.